The van der Waals surface area contributed by atoms with E-state index in [0.717, 1.165) is 19.6 Å². The molecule has 3 aromatic rings. The smallest absolute Gasteiger partial charge is 0.260 e. The lowest BCUT2D eigenvalue weighted by atomic mass is 10.1. The van der Waals surface area contributed by atoms with Crippen molar-refractivity contribution in [2.45, 2.75) is 23.8 Å². The largest absolute Gasteiger partial charge is 0.338 e. The van der Waals surface area contributed by atoms with E-state index in [-0.39, 0.29) is 35.0 Å². The monoisotopic (exact) mass is 521 g/mol. The highest BCUT2D eigenvalue weighted by Gasteiger charge is 2.34. The number of nitrogens with one attached hydrogen (secondary N) is 2. The van der Waals surface area contributed by atoms with Crippen LogP contribution in [0, 0.1) is 5.82 Å². The molecule has 9 nitrogen and oxygen atoms in total. The van der Waals surface area contributed by atoms with Crippen molar-refractivity contribution in [3.8, 4) is 0 Å². The molecule has 2 heterocycles. The summed E-state index contributed by atoms with van der Waals surface area (Å²) in [7, 11) is -3.89. The minimum atomic E-state index is -3.89. The molecule has 4 N–H and O–H groups in total. The van der Waals surface area contributed by atoms with Crippen molar-refractivity contribution < 1.29 is 12.8 Å². The molecule has 1 aliphatic heterocycles. The number of sulfonamides is 1. The summed E-state index contributed by atoms with van der Waals surface area (Å²) in [5, 5.41) is 2.90. The molecule has 0 unspecified atom stereocenters. The first-order valence-corrected chi connectivity index (χ1v) is 12.5. The van der Waals surface area contributed by atoms with Gasteiger partial charge in [-0.05, 0) is 56.3 Å². The zero-order chi connectivity index (χ0) is 24.0. The van der Waals surface area contributed by atoms with Crippen LogP contribution in [-0.4, -0.2) is 59.9 Å². The van der Waals surface area contributed by atoms with E-state index < -0.39 is 15.8 Å². The van der Waals surface area contributed by atoms with Crippen LogP contribution in [0.15, 0.2) is 71.8 Å². The van der Waals surface area contributed by atoms with E-state index in [2.05, 4.69) is 25.6 Å². The molecule has 2 aromatic carbocycles. The highest BCUT2D eigenvalue weighted by molar-refractivity contribution is 7.89. The molecular weight excluding hydrogens is 493 g/mol. The molecule has 35 heavy (non-hydrogen) atoms. The minimum Gasteiger partial charge on any atom is -0.338 e. The summed E-state index contributed by atoms with van der Waals surface area (Å²) in [6.45, 7) is 2.81. The highest BCUT2D eigenvalue weighted by Crippen LogP contribution is 2.25. The van der Waals surface area contributed by atoms with Gasteiger partial charge in [-0.15, -0.1) is 16.8 Å². The van der Waals surface area contributed by atoms with Gasteiger partial charge in [0.1, 0.15) is 11.6 Å². The van der Waals surface area contributed by atoms with Crippen LogP contribution in [-0.2, 0) is 10.0 Å². The number of hydrazine groups is 1. The molecular formula is C23H29ClFN7O2S. The summed E-state index contributed by atoms with van der Waals surface area (Å²) in [6.07, 6.45) is 2.74. The molecule has 188 valence electrons. The molecule has 0 radical (unpaired) electrons. The average Bonchev–Trinajstić information content (AvgIpc) is 2.86. The molecule has 1 saturated heterocycles. The van der Waals surface area contributed by atoms with Gasteiger partial charge in [-0.25, -0.2) is 17.8 Å². The van der Waals surface area contributed by atoms with Crippen molar-refractivity contribution in [3.63, 3.8) is 0 Å². The van der Waals surface area contributed by atoms with Crippen molar-refractivity contribution >= 4 is 39.9 Å². The van der Waals surface area contributed by atoms with E-state index in [1.807, 2.05) is 0 Å². The Morgan fingerprint density at radius 3 is 2.43 bits per heavy atom. The Balaban J connectivity index is 0.00000342. The van der Waals surface area contributed by atoms with Crippen molar-refractivity contribution in [1.29, 1.82) is 0 Å². The molecule has 1 aromatic heterocycles. The fraction of sp³-hybridized carbons (Fsp3) is 0.304. The van der Waals surface area contributed by atoms with E-state index in [1.54, 1.807) is 54.6 Å². The summed E-state index contributed by atoms with van der Waals surface area (Å²) in [5.74, 6) is -0.00389. The van der Waals surface area contributed by atoms with E-state index in [4.69, 9.17) is 5.73 Å². The van der Waals surface area contributed by atoms with E-state index in [9.17, 15) is 12.8 Å². The van der Waals surface area contributed by atoms with Gasteiger partial charge in [0.2, 0.25) is 5.95 Å². The summed E-state index contributed by atoms with van der Waals surface area (Å²) < 4.78 is 42.4. The van der Waals surface area contributed by atoms with Gasteiger partial charge in [-0.2, -0.15) is 4.98 Å². The van der Waals surface area contributed by atoms with Crippen molar-refractivity contribution in [1.82, 2.24) is 19.3 Å². The Labute approximate surface area is 211 Å². The lowest BCUT2D eigenvalue weighted by Gasteiger charge is -2.37. The number of halogens is 2. The summed E-state index contributed by atoms with van der Waals surface area (Å²) in [5.41, 5.74) is 8.85. The molecule has 0 amide bonds. The molecule has 4 rings (SSSR count). The van der Waals surface area contributed by atoms with Gasteiger partial charge in [0, 0.05) is 25.3 Å². The van der Waals surface area contributed by atoms with Crippen LogP contribution in [0.25, 0.3) is 0 Å². The second-order valence-corrected chi connectivity index (χ2v) is 9.77. The van der Waals surface area contributed by atoms with Crippen LogP contribution in [0.4, 0.5) is 21.8 Å². The predicted molar refractivity (Wildman–Crippen MR) is 137 cm³/mol. The molecule has 0 spiro atoms. The number of nitrogens with zero attached hydrogens (tertiary/aromatic N) is 4. The Morgan fingerprint density at radius 1 is 1.06 bits per heavy atom. The second-order valence-electron chi connectivity index (χ2n) is 7.96. The number of hydrogen-bond acceptors (Lipinski definition) is 8. The van der Waals surface area contributed by atoms with E-state index in [1.165, 1.54) is 16.7 Å². The number of aromatic nitrogens is 2. The SMILES string of the molecule is Cl.NCCN1CCC(N(Nc2nccc(Nc3ccccc3F)n2)S(=O)(=O)c2ccccc2)CC1. The maximum atomic E-state index is 14.0. The van der Waals surface area contributed by atoms with Crippen LogP contribution >= 0.6 is 12.4 Å². The fourth-order valence-electron chi connectivity index (χ4n) is 3.89. The van der Waals surface area contributed by atoms with Gasteiger partial charge < -0.3 is 16.0 Å². The number of nitrogens with two attached hydrogens (primary N) is 1. The van der Waals surface area contributed by atoms with Gasteiger partial charge in [-0.1, -0.05) is 30.3 Å². The number of hydrogen-bond donors (Lipinski definition) is 3. The van der Waals surface area contributed by atoms with Gasteiger partial charge in [-0.3, -0.25) is 5.43 Å². The minimum absolute atomic E-state index is 0. The zero-order valence-corrected chi connectivity index (χ0v) is 20.7. The number of piperidine rings is 1. The first-order valence-electron chi connectivity index (χ1n) is 11.1. The lowest BCUT2D eigenvalue weighted by Crippen LogP contribution is -2.50. The number of rotatable bonds is 9. The summed E-state index contributed by atoms with van der Waals surface area (Å²) in [4.78, 5) is 11.0. The van der Waals surface area contributed by atoms with Gasteiger partial charge in [0.25, 0.3) is 10.0 Å². The van der Waals surface area contributed by atoms with Crippen molar-refractivity contribution in [2.75, 3.05) is 36.9 Å². The van der Waals surface area contributed by atoms with Gasteiger partial charge >= 0.3 is 0 Å². The number of para-hydroxylation sites is 1. The standard InChI is InChI=1S/C23H28FN7O2S.ClH/c24-20-8-4-5-9-21(20)27-22-10-14-26-23(28-22)29-31(18-11-15-30(16-12-18)17-13-25)34(32,33)19-6-2-1-3-7-19;/h1-10,14,18H,11-13,15-17,25H2,(H2,26,27,28,29);1H. The van der Waals surface area contributed by atoms with Gasteiger partial charge in [0.15, 0.2) is 0 Å². The molecule has 12 heteroatoms. The van der Waals surface area contributed by atoms with Crippen molar-refractivity contribution in [2.24, 2.45) is 5.73 Å². The Morgan fingerprint density at radius 2 is 1.74 bits per heavy atom. The number of anilines is 3. The molecule has 0 saturated carbocycles. The fourth-order valence-corrected chi connectivity index (χ4v) is 5.43. The maximum absolute atomic E-state index is 14.0. The van der Waals surface area contributed by atoms with Crippen LogP contribution < -0.4 is 16.5 Å². The molecule has 1 fully saturated rings. The topological polar surface area (TPSA) is 116 Å². The number of benzene rings is 2. The van der Waals surface area contributed by atoms with E-state index in [0.29, 0.717) is 25.2 Å². The second kappa shape index (κ2) is 12.2. The normalized spacial score (nSPS) is 14.9. The Kier molecular flexibility index (Phi) is 9.35. The molecule has 0 bridgehead atoms. The zero-order valence-electron chi connectivity index (χ0n) is 19.0. The van der Waals surface area contributed by atoms with Crippen molar-refractivity contribution in [3.05, 3.63) is 72.7 Å². The van der Waals surface area contributed by atoms with Crippen LogP contribution in [0.5, 0.6) is 0 Å². The third-order valence-corrected chi connectivity index (χ3v) is 7.41. The highest BCUT2D eigenvalue weighted by atomic mass is 35.5. The predicted octanol–water partition coefficient (Wildman–Crippen LogP) is 3.22. The van der Waals surface area contributed by atoms with E-state index >= 15 is 0 Å². The third kappa shape index (κ3) is 6.65. The summed E-state index contributed by atoms with van der Waals surface area (Å²) >= 11 is 0. The first-order chi connectivity index (χ1) is 16.5. The first kappa shape index (κ1) is 26.8. The molecule has 0 atom stereocenters. The average molecular weight is 522 g/mol. The van der Waals surface area contributed by atoms with Crippen LogP contribution in [0.1, 0.15) is 12.8 Å². The van der Waals surface area contributed by atoms with Gasteiger partial charge in [0.05, 0.1) is 10.6 Å². The maximum Gasteiger partial charge on any atom is 0.260 e. The summed E-state index contributed by atoms with van der Waals surface area (Å²) in [6, 6.07) is 15.8. The molecule has 0 aliphatic carbocycles. The lowest BCUT2D eigenvalue weighted by molar-refractivity contribution is 0.172. The quantitative estimate of drug-likeness (QED) is 0.367. The Bertz CT molecular complexity index is 1200. The van der Waals surface area contributed by atoms with Crippen LogP contribution in [0.3, 0.4) is 0 Å². The Hall–Kier alpha value is -2.83. The third-order valence-electron chi connectivity index (χ3n) is 5.64. The van der Waals surface area contributed by atoms with Crippen LogP contribution in [0.2, 0.25) is 0 Å². The number of likely N-dealkylation sites (tertiary alicyclic amines) is 1. The molecule has 1 aliphatic rings.